The molecule has 0 spiro atoms. The highest BCUT2D eigenvalue weighted by Gasteiger charge is 2.42. The number of aliphatic carboxylic acids is 1. The lowest BCUT2D eigenvalue weighted by atomic mass is 9.74. The van der Waals surface area contributed by atoms with Gasteiger partial charge in [-0.2, -0.15) is 0 Å². The Morgan fingerprint density at radius 3 is 2.37 bits per heavy atom. The van der Waals surface area contributed by atoms with Crippen LogP contribution in [0.5, 0.6) is 0 Å². The molecule has 0 aliphatic carbocycles. The Labute approximate surface area is 113 Å². The molecule has 0 saturated carbocycles. The van der Waals surface area contributed by atoms with Crippen LogP contribution in [0, 0.1) is 18.2 Å². The largest absolute Gasteiger partial charge is 0.481 e. The van der Waals surface area contributed by atoms with Crippen molar-refractivity contribution in [2.75, 3.05) is 0 Å². The second-order valence-corrected chi connectivity index (χ2v) is 5.98. The van der Waals surface area contributed by atoms with Crippen molar-refractivity contribution < 1.29 is 14.3 Å². The van der Waals surface area contributed by atoms with Gasteiger partial charge in [0.1, 0.15) is 5.82 Å². The van der Waals surface area contributed by atoms with E-state index in [1.165, 1.54) is 12.1 Å². The molecule has 1 aromatic rings. The molecule has 0 radical (unpaired) electrons. The summed E-state index contributed by atoms with van der Waals surface area (Å²) in [7, 11) is 0. The smallest absolute Gasteiger partial charge is 0.310 e. The zero-order valence-corrected chi connectivity index (χ0v) is 12.2. The first kappa shape index (κ1) is 15.6. The Morgan fingerprint density at radius 1 is 1.32 bits per heavy atom. The topological polar surface area (TPSA) is 49.3 Å². The lowest BCUT2D eigenvalue weighted by Gasteiger charge is -2.39. The van der Waals surface area contributed by atoms with Crippen molar-refractivity contribution in [3.8, 4) is 0 Å². The predicted octanol–water partition coefficient (Wildman–Crippen LogP) is 3.11. The van der Waals surface area contributed by atoms with Gasteiger partial charge >= 0.3 is 5.97 Å². The molecule has 1 rings (SSSR count). The van der Waals surface area contributed by atoms with Gasteiger partial charge in [0, 0.05) is 12.1 Å². The maximum absolute atomic E-state index is 13.0. The van der Waals surface area contributed by atoms with Crippen molar-refractivity contribution in [3.05, 3.63) is 35.1 Å². The Kier molecular flexibility index (Phi) is 4.35. The molecule has 0 atom stereocenters. The summed E-state index contributed by atoms with van der Waals surface area (Å²) in [6, 6.07) is 4.62. The number of rotatable bonds is 5. The quantitative estimate of drug-likeness (QED) is 0.861. The van der Waals surface area contributed by atoms with Crippen molar-refractivity contribution >= 4 is 5.97 Å². The molecule has 0 amide bonds. The number of halogens is 1. The van der Waals surface area contributed by atoms with Crippen LogP contribution in [0.15, 0.2) is 18.2 Å². The third-order valence-corrected chi connectivity index (χ3v) is 4.12. The molecule has 0 saturated heterocycles. The number of carboxylic acid groups (broad SMARTS) is 1. The van der Waals surface area contributed by atoms with Gasteiger partial charge in [0.05, 0.1) is 5.41 Å². The van der Waals surface area contributed by atoms with Gasteiger partial charge in [-0.3, -0.25) is 4.79 Å². The fourth-order valence-electron chi connectivity index (χ4n) is 1.66. The van der Waals surface area contributed by atoms with E-state index in [2.05, 4.69) is 5.32 Å². The van der Waals surface area contributed by atoms with Crippen LogP contribution in [0.1, 0.15) is 38.8 Å². The lowest BCUT2D eigenvalue weighted by Crippen LogP contribution is -2.54. The second kappa shape index (κ2) is 5.29. The summed E-state index contributed by atoms with van der Waals surface area (Å²) in [4.78, 5) is 11.3. The van der Waals surface area contributed by atoms with Crippen molar-refractivity contribution in [2.24, 2.45) is 5.41 Å². The zero-order chi connectivity index (χ0) is 14.8. The first-order valence-corrected chi connectivity index (χ1v) is 6.31. The number of nitrogens with one attached hydrogen (secondary N) is 1. The Bertz CT molecular complexity index is 481. The number of benzene rings is 1. The van der Waals surface area contributed by atoms with E-state index in [1.807, 2.05) is 20.8 Å². The minimum Gasteiger partial charge on any atom is -0.481 e. The monoisotopic (exact) mass is 267 g/mol. The summed E-state index contributed by atoms with van der Waals surface area (Å²) in [6.07, 6.45) is 0. The van der Waals surface area contributed by atoms with E-state index < -0.39 is 16.9 Å². The number of carboxylic acids is 1. The molecule has 106 valence electrons. The van der Waals surface area contributed by atoms with Gasteiger partial charge < -0.3 is 10.4 Å². The summed E-state index contributed by atoms with van der Waals surface area (Å²) in [5.41, 5.74) is 0.340. The van der Waals surface area contributed by atoms with Gasteiger partial charge in [-0.25, -0.2) is 4.39 Å². The molecule has 4 heteroatoms. The molecular formula is C15H22FNO2. The minimum atomic E-state index is -0.902. The fourth-order valence-corrected chi connectivity index (χ4v) is 1.66. The predicted molar refractivity (Wildman–Crippen MR) is 73.5 cm³/mol. The van der Waals surface area contributed by atoms with Crippen LogP contribution < -0.4 is 5.32 Å². The Hall–Kier alpha value is -1.42. The minimum absolute atomic E-state index is 0.258. The van der Waals surface area contributed by atoms with Crippen LogP contribution >= 0.6 is 0 Å². The zero-order valence-electron chi connectivity index (χ0n) is 12.2. The highest BCUT2D eigenvalue weighted by atomic mass is 19.1. The molecule has 0 fully saturated rings. The average molecular weight is 267 g/mol. The van der Waals surface area contributed by atoms with Gasteiger partial charge in [0.25, 0.3) is 0 Å². The van der Waals surface area contributed by atoms with E-state index >= 15 is 0 Å². The summed E-state index contributed by atoms with van der Waals surface area (Å²) in [6.45, 7) is 9.46. The van der Waals surface area contributed by atoms with Crippen molar-refractivity contribution in [3.63, 3.8) is 0 Å². The van der Waals surface area contributed by atoms with Crippen LogP contribution in [0.3, 0.4) is 0 Å². The lowest BCUT2D eigenvalue weighted by molar-refractivity contribution is -0.151. The molecular weight excluding hydrogens is 245 g/mol. The molecule has 0 unspecified atom stereocenters. The highest BCUT2D eigenvalue weighted by molar-refractivity contribution is 5.75. The van der Waals surface area contributed by atoms with Crippen molar-refractivity contribution in [1.82, 2.24) is 5.32 Å². The van der Waals surface area contributed by atoms with E-state index in [4.69, 9.17) is 0 Å². The number of hydrogen-bond acceptors (Lipinski definition) is 2. The van der Waals surface area contributed by atoms with Crippen molar-refractivity contribution in [1.29, 1.82) is 0 Å². The second-order valence-electron chi connectivity index (χ2n) is 5.98. The van der Waals surface area contributed by atoms with E-state index in [1.54, 1.807) is 19.9 Å². The third kappa shape index (κ3) is 3.32. The maximum atomic E-state index is 13.0. The standard InChI is InChI=1S/C15H22FNO2/c1-10-8-12(16)7-6-11(10)9-17-15(4,5)14(2,3)13(18)19/h6-8,17H,9H2,1-5H3,(H,18,19). The maximum Gasteiger partial charge on any atom is 0.310 e. The van der Waals surface area contributed by atoms with E-state index in [-0.39, 0.29) is 5.82 Å². The van der Waals surface area contributed by atoms with Crippen LogP contribution in [-0.4, -0.2) is 16.6 Å². The third-order valence-electron chi connectivity index (χ3n) is 4.12. The molecule has 1 aromatic carbocycles. The molecule has 2 N–H and O–H groups in total. The van der Waals surface area contributed by atoms with Crippen LogP contribution in [0.4, 0.5) is 4.39 Å². The van der Waals surface area contributed by atoms with Gasteiger partial charge in [-0.15, -0.1) is 0 Å². The fraction of sp³-hybridized carbons (Fsp3) is 0.533. The number of hydrogen-bond donors (Lipinski definition) is 2. The molecule has 0 heterocycles. The van der Waals surface area contributed by atoms with E-state index in [0.717, 1.165) is 11.1 Å². The molecule has 0 aliphatic heterocycles. The molecule has 3 nitrogen and oxygen atoms in total. The summed E-state index contributed by atoms with van der Waals surface area (Å²) in [5, 5.41) is 12.5. The number of carbonyl (C=O) groups is 1. The van der Waals surface area contributed by atoms with Gasteiger partial charge in [-0.05, 0) is 57.9 Å². The van der Waals surface area contributed by atoms with Crippen LogP contribution in [-0.2, 0) is 11.3 Å². The first-order chi connectivity index (χ1) is 8.58. The molecule has 0 bridgehead atoms. The Morgan fingerprint density at radius 2 is 1.89 bits per heavy atom. The summed E-state index contributed by atoms with van der Waals surface area (Å²) in [5.74, 6) is -1.10. The van der Waals surface area contributed by atoms with Gasteiger partial charge in [-0.1, -0.05) is 6.07 Å². The van der Waals surface area contributed by atoms with Gasteiger partial charge in [0.15, 0.2) is 0 Å². The molecule has 19 heavy (non-hydrogen) atoms. The SMILES string of the molecule is Cc1cc(F)ccc1CNC(C)(C)C(C)(C)C(=O)O. The highest BCUT2D eigenvalue weighted by Crippen LogP contribution is 2.31. The Balaban J connectivity index is 2.83. The number of aryl methyl sites for hydroxylation is 1. The van der Waals surface area contributed by atoms with E-state index in [0.29, 0.717) is 6.54 Å². The van der Waals surface area contributed by atoms with Crippen molar-refractivity contribution in [2.45, 2.75) is 46.7 Å². The summed E-state index contributed by atoms with van der Waals surface area (Å²) >= 11 is 0. The van der Waals surface area contributed by atoms with Gasteiger partial charge in [0.2, 0.25) is 0 Å². The first-order valence-electron chi connectivity index (χ1n) is 6.31. The normalized spacial score (nSPS) is 12.5. The van der Waals surface area contributed by atoms with Crippen LogP contribution in [0.25, 0.3) is 0 Å². The molecule has 0 aliphatic rings. The molecule has 0 aromatic heterocycles. The van der Waals surface area contributed by atoms with E-state index in [9.17, 15) is 14.3 Å². The average Bonchev–Trinajstić information content (AvgIpc) is 2.27. The van der Waals surface area contributed by atoms with Crippen LogP contribution in [0.2, 0.25) is 0 Å². The summed E-state index contributed by atoms with van der Waals surface area (Å²) < 4.78 is 13.0.